The lowest BCUT2D eigenvalue weighted by atomic mass is 10.1. The fraction of sp³-hybridized carbons (Fsp3) is 0.167. The van der Waals surface area contributed by atoms with Gasteiger partial charge < -0.3 is 10.3 Å². The lowest BCUT2D eigenvalue weighted by molar-refractivity contribution is -0.120. The van der Waals surface area contributed by atoms with Gasteiger partial charge in [-0.1, -0.05) is 18.2 Å². The highest BCUT2D eigenvalue weighted by atomic mass is 32.2. The molecule has 0 atom stereocenters. The van der Waals surface area contributed by atoms with Crippen molar-refractivity contribution in [3.63, 3.8) is 0 Å². The number of rotatable bonds is 6. The van der Waals surface area contributed by atoms with Crippen molar-refractivity contribution in [2.45, 2.75) is 17.7 Å². The first-order valence-corrected chi connectivity index (χ1v) is 9.41. The second kappa shape index (κ2) is 7.08. The minimum Gasteiger partial charge on any atom is -0.361 e. The monoisotopic (exact) mass is 357 g/mol. The highest BCUT2D eigenvalue weighted by molar-refractivity contribution is 7.89. The van der Waals surface area contributed by atoms with E-state index < -0.39 is 10.0 Å². The number of carbonyl (C=O) groups is 1. The number of fused-ring (bicyclic) bond motifs is 1. The van der Waals surface area contributed by atoms with Gasteiger partial charge in [0.25, 0.3) is 0 Å². The number of benzene rings is 2. The third kappa shape index (κ3) is 4.46. The van der Waals surface area contributed by atoms with Gasteiger partial charge in [0.2, 0.25) is 15.9 Å². The summed E-state index contributed by atoms with van der Waals surface area (Å²) >= 11 is 0. The molecule has 3 rings (SSSR count). The molecule has 0 aliphatic rings. The third-order valence-electron chi connectivity index (χ3n) is 3.97. The van der Waals surface area contributed by atoms with Gasteiger partial charge in [0.05, 0.1) is 11.3 Å². The number of carbonyl (C=O) groups excluding carboxylic acids is 1. The summed E-state index contributed by atoms with van der Waals surface area (Å²) in [4.78, 5) is 15.3. The van der Waals surface area contributed by atoms with Crippen molar-refractivity contribution >= 4 is 26.8 Å². The second-order valence-corrected chi connectivity index (χ2v) is 7.43. The number of primary sulfonamides is 1. The number of H-pyrrole nitrogens is 1. The van der Waals surface area contributed by atoms with Crippen LogP contribution >= 0.6 is 0 Å². The van der Waals surface area contributed by atoms with Gasteiger partial charge in [-0.3, -0.25) is 4.79 Å². The molecule has 0 aliphatic carbocycles. The Morgan fingerprint density at radius 2 is 1.76 bits per heavy atom. The predicted octanol–water partition coefficient (Wildman–Crippen LogP) is 1.72. The van der Waals surface area contributed by atoms with Crippen LogP contribution in [0.2, 0.25) is 0 Å². The van der Waals surface area contributed by atoms with E-state index >= 15 is 0 Å². The Morgan fingerprint density at radius 1 is 1.04 bits per heavy atom. The average Bonchev–Trinajstić information content (AvgIpc) is 3.02. The fourth-order valence-electron chi connectivity index (χ4n) is 2.65. The summed E-state index contributed by atoms with van der Waals surface area (Å²) in [6.45, 7) is 0.486. The van der Waals surface area contributed by atoms with Gasteiger partial charge in [0.1, 0.15) is 0 Å². The van der Waals surface area contributed by atoms with Crippen LogP contribution in [0.1, 0.15) is 11.1 Å². The van der Waals surface area contributed by atoms with Crippen molar-refractivity contribution in [2.24, 2.45) is 5.14 Å². The summed E-state index contributed by atoms with van der Waals surface area (Å²) in [6.07, 6.45) is 2.81. The number of hydrogen-bond donors (Lipinski definition) is 3. The quantitative estimate of drug-likeness (QED) is 0.625. The van der Waals surface area contributed by atoms with Crippen molar-refractivity contribution in [2.75, 3.05) is 6.54 Å². The lowest BCUT2D eigenvalue weighted by Crippen LogP contribution is -2.27. The zero-order chi connectivity index (χ0) is 17.9. The van der Waals surface area contributed by atoms with E-state index in [0.29, 0.717) is 19.4 Å². The van der Waals surface area contributed by atoms with Crippen LogP contribution in [0, 0.1) is 0 Å². The normalized spacial score (nSPS) is 11.6. The molecule has 0 aliphatic heterocycles. The molecular formula is C18H19N3O3S. The van der Waals surface area contributed by atoms with Crippen LogP contribution in [0.25, 0.3) is 10.9 Å². The number of nitrogens with two attached hydrogens (primary N) is 1. The predicted molar refractivity (Wildman–Crippen MR) is 96.5 cm³/mol. The first kappa shape index (κ1) is 17.2. The maximum absolute atomic E-state index is 12.0. The molecule has 0 saturated heterocycles. The molecule has 6 nitrogen and oxygen atoms in total. The number of amides is 1. The second-order valence-electron chi connectivity index (χ2n) is 5.86. The van der Waals surface area contributed by atoms with Gasteiger partial charge in [0, 0.05) is 18.3 Å². The third-order valence-corrected chi connectivity index (χ3v) is 4.90. The molecule has 0 fully saturated rings. The van der Waals surface area contributed by atoms with Crippen molar-refractivity contribution in [3.05, 3.63) is 65.9 Å². The summed E-state index contributed by atoms with van der Waals surface area (Å²) in [5.74, 6) is -0.0453. The molecule has 130 valence electrons. The van der Waals surface area contributed by atoms with Crippen LogP contribution in [0.15, 0.2) is 59.6 Å². The summed E-state index contributed by atoms with van der Waals surface area (Å²) in [5, 5.41) is 9.02. The van der Waals surface area contributed by atoms with Crippen LogP contribution in [0.5, 0.6) is 0 Å². The Labute approximate surface area is 146 Å². The summed E-state index contributed by atoms with van der Waals surface area (Å²) < 4.78 is 22.4. The highest BCUT2D eigenvalue weighted by Gasteiger charge is 2.07. The van der Waals surface area contributed by atoms with Crippen LogP contribution in [-0.2, 0) is 27.7 Å². The SMILES string of the molecule is NS(=O)(=O)c1ccc(CCNC(=O)Cc2ccc3[nH]ccc3c2)cc1. The molecule has 1 aromatic heterocycles. The number of sulfonamides is 1. The van der Waals surface area contributed by atoms with Crippen molar-refractivity contribution in [3.8, 4) is 0 Å². The maximum atomic E-state index is 12.0. The van der Waals surface area contributed by atoms with Crippen LogP contribution < -0.4 is 10.5 Å². The molecule has 2 aromatic carbocycles. The van der Waals surface area contributed by atoms with E-state index in [0.717, 1.165) is 22.0 Å². The van der Waals surface area contributed by atoms with Crippen LogP contribution in [-0.4, -0.2) is 25.9 Å². The lowest BCUT2D eigenvalue weighted by Gasteiger charge is -2.06. The topological polar surface area (TPSA) is 105 Å². The number of aromatic nitrogens is 1. The standard InChI is InChI=1S/C18H19N3O3S/c19-25(23,24)16-4-1-13(2-5-16)7-9-21-18(22)12-14-3-6-17-15(11-14)8-10-20-17/h1-6,8,10-11,20H,7,9,12H2,(H,21,22)(H2,19,23,24). The zero-order valence-corrected chi connectivity index (χ0v) is 14.3. The van der Waals surface area contributed by atoms with Crippen molar-refractivity contribution in [1.82, 2.24) is 10.3 Å². The number of nitrogens with one attached hydrogen (secondary N) is 2. The number of hydrogen-bond acceptors (Lipinski definition) is 3. The van der Waals surface area contributed by atoms with E-state index in [2.05, 4.69) is 10.3 Å². The van der Waals surface area contributed by atoms with E-state index in [1.807, 2.05) is 30.5 Å². The Bertz CT molecular complexity index is 992. The molecule has 1 amide bonds. The minimum absolute atomic E-state index is 0.0453. The Balaban J connectivity index is 1.50. The number of aromatic amines is 1. The van der Waals surface area contributed by atoms with E-state index in [1.54, 1.807) is 12.1 Å². The van der Waals surface area contributed by atoms with Gasteiger partial charge in [-0.25, -0.2) is 13.6 Å². The molecule has 0 unspecified atom stereocenters. The average molecular weight is 357 g/mol. The summed E-state index contributed by atoms with van der Waals surface area (Å²) in [5.41, 5.74) is 2.94. The van der Waals surface area contributed by atoms with E-state index in [4.69, 9.17) is 5.14 Å². The van der Waals surface area contributed by atoms with Crippen molar-refractivity contribution < 1.29 is 13.2 Å². The molecule has 3 aromatic rings. The fourth-order valence-corrected chi connectivity index (χ4v) is 3.17. The summed E-state index contributed by atoms with van der Waals surface area (Å²) in [6, 6.07) is 14.2. The Morgan fingerprint density at radius 3 is 2.48 bits per heavy atom. The summed E-state index contributed by atoms with van der Waals surface area (Å²) in [7, 11) is -3.67. The molecule has 1 heterocycles. The van der Waals surface area contributed by atoms with E-state index in [-0.39, 0.29) is 10.8 Å². The van der Waals surface area contributed by atoms with Gasteiger partial charge in [-0.05, 0) is 53.3 Å². The van der Waals surface area contributed by atoms with Crippen LogP contribution in [0.3, 0.4) is 0 Å². The first-order valence-electron chi connectivity index (χ1n) is 7.86. The zero-order valence-electron chi connectivity index (χ0n) is 13.5. The van der Waals surface area contributed by atoms with Gasteiger partial charge in [-0.15, -0.1) is 0 Å². The molecule has 4 N–H and O–H groups in total. The Kier molecular flexibility index (Phi) is 4.87. The molecule has 0 radical (unpaired) electrons. The molecule has 0 bridgehead atoms. The highest BCUT2D eigenvalue weighted by Crippen LogP contribution is 2.14. The maximum Gasteiger partial charge on any atom is 0.238 e. The molecular weight excluding hydrogens is 338 g/mol. The molecule has 25 heavy (non-hydrogen) atoms. The van der Waals surface area contributed by atoms with E-state index in [9.17, 15) is 13.2 Å². The van der Waals surface area contributed by atoms with Crippen LogP contribution in [0.4, 0.5) is 0 Å². The smallest absolute Gasteiger partial charge is 0.238 e. The molecule has 7 heteroatoms. The Hall–Kier alpha value is -2.64. The van der Waals surface area contributed by atoms with Gasteiger partial charge in [-0.2, -0.15) is 0 Å². The first-order chi connectivity index (χ1) is 11.9. The van der Waals surface area contributed by atoms with Crippen molar-refractivity contribution in [1.29, 1.82) is 0 Å². The van der Waals surface area contributed by atoms with Gasteiger partial charge >= 0.3 is 0 Å². The molecule has 0 saturated carbocycles. The van der Waals surface area contributed by atoms with Gasteiger partial charge in [0.15, 0.2) is 0 Å². The molecule has 0 spiro atoms. The largest absolute Gasteiger partial charge is 0.361 e. The van der Waals surface area contributed by atoms with E-state index in [1.165, 1.54) is 12.1 Å². The minimum atomic E-state index is -3.67.